The van der Waals surface area contributed by atoms with E-state index in [1.54, 1.807) is 38.1 Å². The molecule has 0 aromatic heterocycles. The Morgan fingerprint density at radius 3 is 2.04 bits per heavy atom. The van der Waals surface area contributed by atoms with Crippen molar-refractivity contribution in [2.24, 2.45) is 0 Å². The predicted octanol–water partition coefficient (Wildman–Crippen LogP) is 3.37. The summed E-state index contributed by atoms with van der Waals surface area (Å²) >= 11 is 0. The van der Waals surface area contributed by atoms with Crippen LogP contribution < -0.4 is 0 Å². The largest absolute Gasteiger partial charge is 0.350 e. The summed E-state index contributed by atoms with van der Waals surface area (Å²) in [6.07, 6.45) is 0.555. The van der Waals surface area contributed by atoms with Gasteiger partial charge in [-0.1, -0.05) is 24.6 Å². The number of sulfonamides is 1. The van der Waals surface area contributed by atoms with Gasteiger partial charge < -0.3 is 9.05 Å². The number of hydrogen-bond donors (Lipinski definition) is 0. The second kappa shape index (κ2) is 7.03. The summed E-state index contributed by atoms with van der Waals surface area (Å²) in [7, 11) is -7.20. The summed E-state index contributed by atoms with van der Waals surface area (Å²) in [5.41, 5.74) is 0.979. The molecule has 1 heterocycles. The van der Waals surface area contributed by atoms with Crippen LogP contribution in [0.25, 0.3) is 0 Å². The zero-order valence-electron chi connectivity index (χ0n) is 13.9. The Kier molecular flexibility index (Phi) is 5.69. The van der Waals surface area contributed by atoms with Gasteiger partial charge in [0.1, 0.15) is 5.78 Å². The molecule has 0 bridgehead atoms. The molecule has 6 nitrogen and oxygen atoms in total. The van der Waals surface area contributed by atoms with Crippen LogP contribution in [-0.4, -0.2) is 37.8 Å². The average Bonchev–Trinajstić information content (AvgIpc) is 3.24. The van der Waals surface area contributed by atoms with Crippen LogP contribution in [-0.2, 0) is 23.6 Å². The third-order valence-electron chi connectivity index (χ3n) is 3.80. The number of aryl methyl sites for hydroxylation is 1. The minimum atomic E-state index is -3.71. The first kappa shape index (κ1) is 18.6. The van der Waals surface area contributed by atoms with Crippen molar-refractivity contribution in [1.82, 2.24) is 4.31 Å². The highest BCUT2D eigenvalue weighted by Crippen LogP contribution is 2.64. The Balaban J connectivity index is 2.35. The Morgan fingerprint density at radius 2 is 1.61 bits per heavy atom. The summed E-state index contributed by atoms with van der Waals surface area (Å²) < 4.78 is 50.5. The molecule has 1 fully saturated rings. The Bertz CT molecular complexity index is 678. The maximum atomic E-state index is 12.9. The zero-order chi connectivity index (χ0) is 17.3. The maximum absolute atomic E-state index is 12.9. The molecule has 23 heavy (non-hydrogen) atoms. The molecule has 0 N–H and O–H groups in total. The topological polar surface area (TPSA) is 72.7 Å². The number of rotatable bonds is 8. The molecular weight excluding hydrogens is 337 g/mol. The summed E-state index contributed by atoms with van der Waals surface area (Å²) in [5.74, 6) is -0.737. The second-order valence-corrected chi connectivity index (χ2v) is 9.38. The maximum Gasteiger partial charge on any atom is 0.350 e. The van der Waals surface area contributed by atoms with Gasteiger partial charge in [-0.05, 0) is 39.3 Å². The Labute approximate surface area is 138 Å². The lowest BCUT2D eigenvalue weighted by atomic mass is 10.2. The van der Waals surface area contributed by atoms with Gasteiger partial charge in [-0.2, -0.15) is 4.31 Å². The number of benzene rings is 1. The first-order valence-corrected chi connectivity index (χ1v) is 10.9. The molecule has 1 aromatic carbocycles. The van der Waals surface area contributed by atoms with Gasteiger partial charge in [0.2, 0.25) is 10.0 Å². The summed E-state index contributed by atoms with van der Waals surface area (Å²) in [6.45, 7) is 7.61. The van der Waals surface area contributed by atoms with Crippen LogP contribution in [0.4, 0.5) is 0 Å². The predicted molar refractivity (Wildman–Crippen MR) is 88.9 cm³/mol. The molecule has 1 aromatic rings. The van der Waals surface area contributed by atoms with E-state index in [9.17, 15) is 13.0 Å². The first-order chi connectivity index (χ1) is 10.8. The lowest BCUT2D eigenvalue weighted by Gasteiger charge is -2.17. The summed E-state index contributed by atoms with van der Waals surface area (Å²) in [6, 6.07) is 6.27. The van der Waals surface area contributed by atoms with Crippen LogP contribution >= 0.6 is 7.60 Å². The quantitative estimate of drug-likeness (QED) is 0.524. The molecule has 2 rings (SSSR count). The average molecular weight is 361 g/mol. The van der Waals surface area contributed by atoms with Crippen molar-refractivity contribution in [3.8, 4) is 0 Å². The van der Waals surface area contributed by atoms with E-state index >= 15 is 0 Å². The van der Waals surface area contributed by atoms with E-state index in [4.69, 9.17) is 9.05 Å². The van der Waals surface area contributed by atoms with Crippen molar-refractivity contribution in [3.63, 3.8) is 0 Å². The summed E-state index contributed by atoms with van der Waals surface area (Å²) in [5, 5.41) is 0. The molecule has 1 aliphatic rings. The Morgan fingerprint density at radius 1 is 1.09 bits per heavy atom. The molecule has 0 spiro atoms. The first-order valence-electron chi connectivity index (χ1n) is 7.80. The van der Waals surface area contributed by atoms with Crippen molar-refractivity contribution >= 4 is 17.6 Å². The van der Waals surface area contributed by atoms with E-state index in [1.807, 2.05) is 13.8 Å². The highest BCUT2D eigenvalue weighted by Gasteiger charge is 2.64. The van der Waals surface area contributed by atoms with Crippen molar-refractivity contribution in [3.05, 3.63) is 29.8 Å². The normalized spacial score (nSPS) is 24.6. The van der Waals surface area contributed by atoms with Crippen LogP contribution in [0.1, 0.15) is 32.8 Å². The fourth-order valence-corrected chi connectivity index (χ4v) is 7.46. The van der Waals surface area contributed by atoms with Gasteiger partial charge in [-0.15, -0.1) is 0 Å². The molecule has 130 valence electrons. The zero-order valence-corrected chi connectivity index (χ0v) is 15.6. The third kappa shape index (κ3) is 3.54. The molecule has 0 saturated carbocycles. The van der Waals surface area contributed by atoms with E-state index in [2.05, 4.69) is 0 Å². The van der Waals surface area contributed by atoms with Crippen LogP contribution in [0.2, 0.25) is 0 Å². The monoisotopic (exact) mass is 361 g/mol. The van der Waals surface area contributed by atoms with E-state index in [0.717, 1.165) is 5.56 Å². The lowest BCUT2D eigenvalue weighted by Crippen LogP contribution is -2.17. The lowest BCUT2D eigenvalue weighted by molar-refractivity contribution is 0.216. The van der Waals surface area contributed by atoms with Crippen LogP contribution in [0, 0.1) is 6.92 Å². The molecule has 0 aliphatic carbocycles. The van der Waals surface area contributed by atoms with Crippen molar-refractivity contribution < 1.29 is 22.0 Å². The SMILES string of the molecule is CCOP(=O)(OCC)[C@H]1[C@@H](CC)N1S(=O)(=O)c1ccc(C)cc1. The number of hydrogen-bond acceptors (Lipinski definition) is 5. The molecule has 0 radical (unpaired) electrons. The smallest absolute Gasteiger partial charge is 0.308 e. The highest BCUT2D eigenvalue weighted by atomic mass is 32.2. The van der Waals surface area contributed by atoms with Gasteiger partial charge in [-0.3, -0.25) is 4.57 Å². The van der Waals surface area contributed by atoms with Gasteiger partial charge in [0.05, 0.1) is 24.2 Å². The van der Waals surface area contributed by atoms with E-state index < -0.39 is 23.4 Å². The third-order valence-corrected chi connectivity index (χ3v) is 8.35. The minimum Gasteiger partial charge on any atom is -0.308 e. The van der Waals surface area contributed by atoms with Gasteiger partial charge in [0.25, 0.3) is 0 Å². The highest BCUT2D eigenvalue weighted by molar-refractivity contribution is 7.89. The molecule has 3 atom stereocenters. The molecular formula is C15H24NO5PS. The molecule has 1 saturated heterocycles. The molecule has 0 amide bonds. The van der Waals surface area contributed by atoms with Crippen LogP contribution in [0.5, 0.6) is 0 Å². The molecule has 1 unspecified atom stereocenters. The molecule has 8 heteroatoms. The van der Waals surface area contributed by atoms with E-state index in [-0.39, 0.29) is 24.2 Å². The number of nitrogens with zero attached hydrogens (tertiary/aromatic N) is 1. The summed E-state index contributed by atoms with van der Waals surface area (Å²) in [4.78, 5) is 0.198. The standard InChI is InChI=1S/C15H24NO5PS/c1-5-14-15(22(17,20-6-2)21-7-3)16(14)23(18,19)13-10-8-12(4)9-11-13/h8-11,14-15H,5-7H2,1-4H3/t14-,15+,16?/m1/s1. The van der Waals surface area contributed by atoms with Crippen molar-refractivity contribution in [1.29, 1.82) is 0 Å². The van der Waals surface area contributed by atoms with Crippen LogP contribution in [0.15, 0.2) is 29.2 Å². The van der Waals surface area contributed by atoms with Crippen LogP contribution in [0.3, 0.4) is 0 Å². The van der Waals surface area contributed by atoms with Gasteiger partial charge in [0.15, 0.2) is 0 Å². The van der Waals surface area contributed by atoms with Gasteiger partial charge in [0, 0.05) is 0 Å². The van der Waals surface area contributed by atoms with Crippen molar-refractivity contribution in [2.45, 2.75) is 50.8 Å². The van der Waals surface area contributed by atoms with Gasteiger partial charge >= 0.3 is 7.60 Å². The Hall–Kier alpha value is -0.720. The fourth-order valence-electron chi connectivity index (χ4n) is 2.69. The van der Waals surface area contributed by atoms with Gasteiger partial charge in [-0.25, -0.2) is 8.42 Å². The second-order valence-electron chi connectivity index (χ2n) is 5.41. The molecule has 1 aliphatic heterocycles. The van der Waals surface area contributed by atoms with Crippen molar-refractivity contribution in [2.75, 3.05) is 13.2 Å². The van der Waals surface area contributed by atoms with E-state index in [1.165, 1.54) is 4.31 Å². The minimum absolute atomic E-state index is 0.198. The van der Waals surface area contributed by atoms with E-state index in [0.29, 0.717) is 6.42 Å². The fraction of sp³-hybridized carbons (Fsp3) is 0.600.